The molecule has 0 aliphatic heterocycles. The maximum Gasteiger partial charge on any atom is 0.410 e. The lowest BCUT2D eigenvalue weighted by molar-refractivity contribution is 0.0285. The predicted molar refractivity (Wildman–Crippen MR) is 79.2 cm³/mol. The Kier molecular flexibility index (Phi) is 4.81. The molecule has 1 rings (SSSR count). The molecule has 0 spiro atoms. The minimum absolute atomic E-state index is 0.388. The Morgan fingerprint density at radius 2 is 1.80 bits per heavy atom. The highest BCUT2D eigenvalue weighted by molar-refractivity contribution is 7.91. The van der Waals surface area contributed by atoms with Gasteiger partial charge in [-0.25, -0.2) is 13.8 Å². The molecule has 112 valence electrons. The van der Waals surface area contributed by atoms with Crippen LogP contribution in [0.3, 0.4) is 0 Å². The van der Waals surface area contributed by atoms with Crippen LogP contribution in [-0.2, 0) is 21.0 Å². The van der Waals surface area contributed by atoms with Crippen LogP contribution in [-0.4, -0.2) is 34.1 Å². The normalized spacial score (nSPS) is 14.4. The molecule has 0 radical (unpaired) electrons. The average molecular weight is 298 g/mol. The SMILES string of the molecule is CN(Cc1ccc(S(C)(=N)=O)cc1)C(=O)OC(C)(C)C. The Labute approximate surface area is 120 Å². The number of carbonyl (C=O) groups excluding carboxylic acids is 1. The number of hydrogen-bond donors (Lipinski definition) is 1. The molecule has 0 aromatic heterocycles. The summed E-state index contributed by atoms with van der Waals surface area (Å²) in [6.45, 7) is 5.86. The first-order valence-corrected chi connectivity index (χ1v) is 8.22. The zero-order valence-corrected chi connectivity index (χ0v) is 13.4. The molecule has 0 saturated carbocycles. The van der Waals surface area contributed by atoms with Gasteiger partial charge in [0.15, 0.2) is 0 Å². The van der Waals surface area contributed by atoms with Gasteiger partial charge in [0.25, 0.3) is 0 Å². The average Bonchev–Trinajstić information content (AvgIpc) is 2.26. The summed E-state index contributed by atoms with van der Waals surface area (Å²) in [5.41, 5.74) is 0.375. The topological polar surface area (TPSA) is 70.5 Å². The van der Waals surface area contributed by atoms with Gasteiger partial charge in [-0.3, -0.25) is 0 Å². The highest BCUT2D eigenvalue weighted by atomic mass is 32.2. The first-order valence-electron chi connectivity index (χ1n) is 6.26. The van der Waals surface area contributed by atoms with Gasteiger partial charge in [-0.05, 0) is 38.5 Å². The number of nitrogens with one attached hydrogen (secondary N) is 1. The van der Waals surface area contributed by atoms with Gasteiger partial charge in [-0.2, -0.15) is 0 Å². The number of rotatable bonds is 3. The summed E-state index contributed by atoms with van der Waals surface area (Å²) >= 11 is 0. The van der Waals surface area contributed by atoms with Gasteiger partial charge in [0, 0.05) is 24.7 Å². The van der Waals surface area contributed by atoms with E-state index < -0.39 is 15.3 Å². The van der Waals surface area contributed by atoms with Crippen molar-refractivity contribution in [2.75, 3.05) is 13.3 Å². The largest absolute Gasteiger partial charge is 0.444 e. The lowest BCUT2D eigenvalue weighted by atomic mass is 10.2. The van der Waals surface area contributed by atoms with Crippen molar-refractivity contribution in [1.29, 1.82) is 4.78 Å². The molecule has 0 saturated heterocycles. The Bertz CT molecular complexity index is 571. The molecule has 20 heavy (non-hydrogen) atoms. The molecule has 1 atom stereocenters. The highest BCUT2D eigenvalue weighted by Gasteiger charge is 2.19. The van der Waals surface area contributed by atoms with Gasteiger partial charge >= 0.3 is 6.09 Å². The molecular weight excluding hydrogens is 276 g/mol. The third kappa shape index (κ3) is 5.21. The number of nitrogens with zero attached hydrogens (tertiary/aromatic N) is 1. The summed E-state index contributed by atoms with van der Waals surface area (Å²) < 4.78 is 24.3. The second kappa shape index (κ2) is 5.83. The van der Waals surface area contributed by atoms with Crippen molar-refractivity contribution in [3.8, 4) is 0 Å². The van der Waals surface area contributed by atoms with Crippen LogP contribution in [0, 0.1) is 4.78 Å². The van der Waals surface area contributed by atoms with Crippen LogP contribution >= 0.6 is 0 Å². The standard InChI is InChI=1S/C14H22N2O3S/c1-14(2,3)19-13(17)16(4)10-11-6-8-12(9-7-11)20(5,15)18/h6-9,15H,10H2,1-5H3. The maximum atomic E-state index is 11.8. The molecular formula is C14H22N2O3S. The van der Waals surface area contributed by atoms with E-state index in [2.05, 4.69) is 0 Å². The van der Waals surface area contributed by atoms with E-state index in [1.165, 1.54) is 11.2 Å². The third-order valence-corrected chi connectivity index (χ3v) is 3.67. The molecule has 5 nitrogen and oxygen atoms in total. The Hall–Kier alpha value is -1.56. The zero-order chi connectivity index (χ0) is 15.6. The maximum absolute atomic E-state index is 11.8. The van der Waals surface area contributed by atoms with Gasteiger partial charge in [-0.15, -0.1) is 0 Å². The van der Waals surface area contributed by atoms with Crippen LogP contribution in [0.5, 0.6) is 0 Å². The van der Waals surface area contributed by atoms with Crippen LogP contribution in [0.15, 0.2) is 29.2 Å². The van der Waals surface area contributed by atoms with Gasteiger partial charge in [-0.1, -0.05) is 12.1 Å². The number of amides is 1. The van der Waals surface area contributed by atoms with Crippen molar-refractivity contribution in [2.45, 2.75) is 37.8 Å². The molecule has 1 unspecified atom stereocenters. The molecule has 1 N–H and O–H groups in total. The summed E-state index contributed by atoms with van der Waals surface area (Å²) in [5, 5.41) is 0. The molecule has 1 aromatic rings. The number of carbonyl (C=O) groups is 1. The van der Waals surface area contributed by atoms with Crippen LogP contribution in [0.1, 0.15) is 26.3 Å². The Morgan fingerprint density at radius 1 is 1.30 bits per heavy atom. The van der Waals surface area contributed by atoms with Crippen molar-refractivity contribution in [3.05, 3.63) is 29.8 Å². The number of hydrogen-bond acceptors (Lipinski definition) is 4. The third-order valence-electron chi connectivity index (χ3n) is 2.50. The van der Waals surface area contributed by atoms with Crippen LogP contribution in [0.25, 0.3) is 0 Å². The van der Waals surface area contributed by atoms with E-state index in [9.17, 15) is 9.00 Å². The fraction of sp³-hybridized carbons (Fsp3) is 0.500. The highest BCUT2D eigenvalue weighted by Crippen LogP contribution is 2.14. The number of benzene rings is 1. The second-order valence-corrected chi connectivity index (χ2v) is 7.98. The minimum Gasteiger partial charge on any atom is -0.444 e. The molecule has 0 bridgehead atoms. The summed E-state index contributed by atoms with van der Waals surface area (Å²) in [4.78, 5) is 13.8. The molecule has 0 aliphatic rings. The van der Waals surface area contributed by atoms with Crippen molar-refractivity contribution >= 4 is 15.8 Å². The first-order chi connectivity index (χ1) is 8.99. The van der Waals surface area contributed by atoms with E-state index in [1.54, 1.807) is 31.3 Å². The summed E-state index contributed by atoms with van der Waals surface area (Å²) in [7, 11) is -1.03. The monoisotopic (exact) mass is 298 g/mol. The molecule has 1 amide bonds. The zero-order valence-electron chi connectivity index (χ0n) is 12.6. The Morgan fingerprint density at radius 3 is 2.20 bits per heavy atom. The Balaban J connectivity index is 2.72. The quantitative estimate of drug-likeness (QED) is 0.932. The van der Waals surface area contributed by atoms with Gasteiger partial charge in [0.05, 0.1) is 9.73 Å². The van der Waals surface area contributed by atoms with E-state index in [0.717, 1.165) is 5.56 Å². The van der Waals surface area contributed by atoms with Gasteiger partial charge in [0.2, 0.25) is 0 Å². The lowest BCUT2D eigenvalue weighted by Gasteiger charge is -2.24. The molecule has 1 aromatic carbocycles. The van der Waals surface area contributed by atoms with Crippen molar-refractivity contribution < 1.29 is 13.7 Å². The molecule has 6 heteroatoms. The number of ether oxygens (including phenoxy) is 1. The van der Waals surface area contributed by atoms with E-state index in [0.29, 0.717) is 11.4 Å². The van der Waals surface area contributed by atoms with Crippen LogP contribution < -0.4 is 0 Å². The van der Waals surface area contributed by atoms with E-state index in [-0.39, 0.29) is 6.09 Å². The van der Waals surface area contributed by atoms with Crippen molar-refractivity contribution in [3.63, 3.8) is 0 Å². The van der Waals surface area contributed by atoms with Crippen molar-refractivity contribution in [2.24, 2.45) is 0 Å². The fourth-order valence-electron chi connectivity index (χ4n) is 1.53. The fourth-order valence-corrected chi connectivity index (χ4v) is 2.19. The van der Waals surface area contributed by atoms with Gasteiger partial charge < -0.3 is 9.64 Å². The molecule has 0 heterocycles. The lowest BCUT2D eigenvalue weighted by Crippen LogP contribution is -2.33. The first kappa shape index (κ1) is 16.5. The minimum atomic E-state index is -2.69. The van der Waals surface area contributed by atoms with Crippen molar-refractivity contribution in [1.82, 2.24) is 4.90 Å². The summed E-state index contributed by atoms with van der Waals surface area (Å²) in [6.07, 6.45) is 0.996. The molecule has 0 fully saturated rings. The molecule has 0 aliphatic carbocycles. The summed E-state index contributed by atoms with van der Waals surface area (Å²) in [6, 6.07) is 6.86. The van der Waals surface area contributed by atoms with E-state index >= 15 is 0 Å². The van der Waals surface area contributed by atoms with E-state index in [4.69, 9.17) is 9.52 Å². The van der Waals surface area contributed by atoms with Crippen LogP contribution in [0.4, 0.5) is 4.79 Å². The van der Waals surface area contributed by atoms with E-state index in [1.807, 2.05) is 20.8 Å². The predicted octanol–water partition coefficient (Wildman–Crippen LogP) is 3.09. The second-order valence-electron chi connectivity index (χ2n) is 5.82. The summed E-state index contributed by atoms with van der Waals surface area (Å²) in [5.74, 6) is 0. The van der Waals surface area contributed by atoms with Crippen LogP contribution in [0.2, 0.25) is 0 Å². The smallest absolute Gasteiger partial charge is 0.410 e. The van der Waals surface area contributed by atoms with Gasteiger partial charge in [0.1, 0.15) is 5.60 Å².